The smallest absolute Gasteiger partial charge is 0.408 e. The van der Waals surface area contributed by atoms with Gasteiger partial charge < -0.3 is 20.3 Å². The molecule has 0 radical (unpaired) electrons. The van der Waals surface area contributed by atoms with E-state index < -0.39 is 18.6 Å². The molecule has 9 nitrogen and oxygen atoms in total. The van der Waals surface area contributed by atoms with E-state index in [1.165, 1.54) is 13.3 Å². The summed E-state index contributed by atoms with van der Waals surface area (Å²) in [4.78, 5) is 23.8. The van der Waals surface area contributed by atoms with Gasteiger partial charge in [-0.05, 0) is 26.0 Å². The molecule has 4 rings (SSSR count). The molecular formula is C21H24F3N7O2. The number of amides is 1. The lowest BCUT2D eigenvalue weighted by molar-refractivity contribution is -0.142. The van der Waals surface area contributed by atoms with Crippen LogP contribution in [0.3, 0.4) is 0 Å². The van der Waals surface area contributed by atoms with E-state index >= 15 is 0 Å². The number of anilines is 2. The maximum absolute atomic E-state index is 13.0. The molecule has 1 aliphatic heterocycles. The highest BCUT2D eigenvalue weighted by Crippen LogP contribution is 2.31. The normalized spacial score (nSPS) is 19.0. The number of methoxy groups -OCH3 is 1. The minimum atomic E-state index is -4.41. The van der Waals surface area contributed by atoms with Crippen molar-refractivity contribution in [2.75, 3.05) is 30.4 Å². The number of carbonyl (C=O) groups excluding carboxylic acids is 1. The molecule has 2 N–H and O–H groups in total. The molecule has 0 aliphatic carbocycles. The van der Waals surface area contributed by atoms with Crippen LogP contribution in [-0.2, 0) is 6.54 Å². The molecule has 2 unspecified atom stereocenters. The van der Waals surface area contributed by atoms with Crippen molar-refractivity contribution in [1.82, 2.24) is 25.1 Å². The van der Waals surface area contributed by atoms with E-state index in [9.17, 15) is 18.0 Å². The third-order valence-corrected chi connectivity index (χ3v) is 5.26. The van der Waals surface area contributed by atoms with Crippen LogP contribution in [0.4, 0.5) is 24.5 Å². The van der Waals surface area contributed by atoms with Crippen LogP contribution in [0.2, 0.25) is 0 Å². The number of hydrogen-bond acceptors (Lipinski definition) is 7. The first kappa shape index (κ1) is 22.8. The molecule has 1 saturated heterocycles. The quantitative estimate of drug-likeness (QED) is 0.601. The summed E-state index contributed by atoms with van der Waals surface area (Å²) in [6, 6.07) is 4.15. The second-order valence-electron chi connectivity index (χ2n) is 8.12. The van der Waals surface area contributed by atoms with Gasteiger partial charge in [0.1, 0.15) is 6.54 Å². The predicted octanol–water partition coefficient (Wildman–Crippen LogP) is 2.84. The van der Waals surface area contributed by atoms with Crippen LogP contribution >= 0.6 is 0 Å². The van der Waals surface area contributed by atoms with Crippen molar-refractivity contribution in [1.29, 1.82) is 0 Å². The number of carbonyl (C=O) groups is 1. The van der Waals surface area contributed by atoms with Gasteiger partial charge in [-0.2, -0.15) is 23.3 Å². The summed E-state index contributed by atoms with van der Waals surface area (Å²) in [6.07, 6.45) is -0.502. The zero-order valence-corrected chi connectivity index (χ0v) is 18.3. The van der Waals surface area contributed by atoms with Gasteiger partial charge >= 0.3 is 12.2 Å². The molecule has 1 aliphatic rings. The van der Waals surface area contributed by atoms with Crippen molar-refractivity contribution in [2.24, 2.45) is 0 Å². The molecule has 1 amide bonds. The van der Waals surface area contributed by atoms with Crippen molar-refractivity contribution in [2.45, 2.75) is 38.7 Å². The summed E-state index contributed by atoms with van der Waals surface area (Å²) in [7, 11) is 1.43. The highest BCUT2D eigenvalue weighted by Gasteiger charge is 2.29. The van der Waals surface area contributed by atoms with E-state index in [2.05, 4.69) is 44.4 Å². The lowest BCUT2D eigenvalue weighted by Gasteiger charge is -2.38. The number of hydrogen-bond donors (Lipinski definition) is 2. The molecule has 1 fully saturated rings. The van der Waals surface area contributed by atoms with Crippen LogP contribution in [0.5, 0.6) is 6.01 Å². The highest BCUT2D eigenvalue weighted by molar-refractivity contribution is 6.13. The fourth-order valence-electron chi connectivity index (χ4n) is 4.07. The van der Waals surface area contributed by atoms with Crippen molar-refractivity contribution in [3.8, 4) is 6.01 Å². The zero-order valence-electron chi connectivity index (χ0n) is 18.3. The number of piperazine rings is 1. The number of rotatable bonds is 5. The second kappa shape index (κ2) is 8.85. The zero-order chi connectivity index (χ0) is 23.8. The summed E-state index contributed by atoms with van der Waals surface area (Å²) in [5.41, 5.74) is 1.67. The van der Waals surface area contributed by atoms with Gasteiger partial charge in [0.15, 0.2) is 0 Å². The monoisotopic (exact) mass is 463 g/mol. The molecule has 2 atom stereocenters. The van der Waals surface area contributed by atoms with Crippen LogP contribution < -0.4 is 20.3 Å². The molecule has 0 spiro atoms. The van der Waals surface area contributed by atoms with Gasteiger partial charge in [0.05, 0.1) is 30.1 Å². The number of halogens is 3. The number of alkyl halides is 3. The maximum Gasteiger partial charge on any atom is 0.408 e. The van der Waals surface area contributed by atoms with Crippen LogP contribution in [0.15, 0.2) is 30.7 Å². The van der Waals surface area contributed by atoms with Crippen LogP contribution in [0.1, 0.15) is 24.2 Å². The van der Waals surface area contributed by atoms with Crippen molar-refractivity contribution < 1.29 is 22.7 Å². The number of fused-ring (bicyclic) bond motifs is 1. The molecule has 1 aromatic carbocycles. The standard InChI is InChI=1S/C21H24F3N7O2/c1-12-8-30(9-13(2)27-12)17-5-4-15(18-16(17)7-25-20(29-18)33-3)19(32)28-14-6-26-31(10-14)11-21(22,23)24/h4-7,10,12-13,27H,8-9,11H2,1-3H3,(H,28,32). The van der Waals surface area contributed by atoms with Gasteiger partial charge in [-0.25, -0.2) is 4.98 Å². The maximum atomic E-state index is 13.0. The molecule has 176 valence electrons. The van der Waals surface area contributed by atoms with Gasteiger partial charge in [-0.15, -0.1) is 0 Å². The van der Waals surface area contributed by atoms with Gasteiger partial charge in [0, 0.05) is 48.6 Å². The molecule has 3 aromatic rings. The summed E-state index contributed by atoms with van der Waals surface area (Å²) < 4.78 is 43.6. The van der Waals surface area contributed by atoms with Crippen LogP contribution in [0, 0.1) is 0 Å². The summed E-state index contributed by atoms with van der Waals surface area (Å²) in [5.74, 6) is -0.527. The van der Waals surface area contributed by atoms with E-state index in [-0.39, 0.29) is 29.3 Å². The lowest BCUT2D eigenvalue weighted by atomic mass is 10.0. The number of aromatic nitrogens is 4. The van der Waals surface area contributed by atoms with Crippen molar-refractivity contribution >= 4 is 28.2 Å². The fourth-order valence-corrected chi connectivity index (χ4v) is 4.07. The third kappa shape index (κ3) is 5.16. The van der Waals surface area contributed by atoms with E-state index in [0.29, 0.717) is 10.9 Å². The number of ether oxygens (including phenoxy) is 1. The Morgan fingerprint density at radius 1 is 1.24 bits per heavy atom. The molecular weight excluding hydrogens is 439 g/mol. The Kier molecular flexibility index (Phi) is 6.11. The topological polar surface area (TPSA) is 97.2 Å². The van der Waals surface area contributed by atoms with Crippen LogP contribution in [0.25, 0.3) is 10.9 Å². The molecule has 2 aromatic heterocycles. The van der Waals surface area contributed by atoms with Gasteiger partial charge in [-0.1, -0.05) is 0 Å². The number of benzene rings is 1. The Bertz CT molecular complexity index is 1150. The van der Waals surface area contributed by atoms with E-state index in [1.54, 1.807) is 12.3 Å². The Hall–Kier alpha value is -3.41. The number of nitrogens with zero attached hydrogens (tertiary/aromatic N) is 5. The Balaban J connectivity index is 1.67. The first-order chi connectivity index (χ1) is 15.6. The van der Waals surface area contributed by atoms with Crippen LogP contribution in [-0.4, -0.2) is 64.1 Å². The molecule has 12 heteroatoms. The third-order valence-electron chi connectivity index (χ3n) is 5.26. The molecule has 3 heterocycles. The Morgan fingerprint density at radius 3 is 2.64 bits per heavy atom. The Labute approximate surface area is 187 Å². The predicted molar refractivity (Wildman–Crippen MR) is 117 cm³/mol. The van der Waals surface area contributed by atoms with Crippen molar-refractivity contribution in [3.63, 3.8) is 0 Å². The van der Waals surface area contributed by atoms with E-state index in [0.717, 1.165) is 29.7 Å². The fraction of sp³-hybridized carbons (Fsp3) is 0.429. The molecule has 0 saturated carbocycles. The summed E-state index contributed by atoms with van der Waals surface area (Å²) in [6.45, 7) is 4.51. The molecule has 0 bridgehead atoms. The summed E-state index contributed by atoms with van der Waals surface area (Å²) in [5, 5.41) is 10.4. The van der Waals surface area contributed by atoms with Gasteiger partial charge in [0.2, 0.25) is 0 Å². The average Bonchev–Trinajstić information content (AvgIpc) is 3.16. The second-order valence-corrected chi connectivity index (χ2v) is 8.12. The number of nitrogens with one attached hydrogen (secondary N) is 2. The highest BCUT2D eigenvalue weighted by atomic mass is 19.4. The van der Waals surface area contributed by atoms with Crippen molar-refractivity contribution in [3.05, 3.63) is 36.3 Å². The summed E-state index contributed by atoms with van der Waals surface area (Å²) >= 11 is 0. The van der Waals surface area contributed by atoms with Gasteiger partial charge in [0.25, 0.3) is 5.91 Å². The van der Waals surface area contributed by atoms with E-state index in [4.69, 9.17) is 4.74 Å². The Morgan fingerprint density at radius 2 is 1.97 bits per heavy atom. The minimum absolute atomic E-state index is 0.105. The largest absolute Gasteiger partial charge is 0.467 e. The molecule has 33 heavy (non-hydrogen) atoms. The first-order valence-electron chi connectivity index (χ1n) is 10.4. The lowest BCUT2D eigenvalue weighted by Crippen LogP contribution is -2.54. The average molecular weight is 463 g/mol. The van der Waals surface area contributed by atoms with E-state index in [1.807, 2.05) is 6.07 Å². The van der Waals surface area contributed by atoms with Gasteiger partial charge in [-0.3, -0.25) is 9.48 Å². The minimum Gasteiger partial charge on any atom is -0.467 e. The first-order valence-corrected chi connectivity index (χ1v) is 10.4. The SMILES string of the molecule is COc1ncc2c(N3CC(C)NC(C)C3)ccc(C(=O)Nc3cnn(CC(F)(F)F)c3)c2n1.